The third kappa shape index (κ3) is 8.26. The van der Waals surface area contributed by atoms with Gasteiger partial charge in [-0.05, 0) is 56.5 Å². The molecule has 2 unspecified atom stereocenters. The van der Waals surface area contributed by atoms with Crippen LogP contribution in [0.3, 0.4) is 0 Å². The Morgan fingerprint density at radius 2 is 2.20 bits per heavy atom. The van der Waals surface area contributed by atoms with Crippen LogP contribution < -0.4 is 10.6 Å². The van der Waals surface area contributed by atoms with Crippen LogP contribution in [-0.2, 0) is 6.54 Å². The lowest BCUT2D eigenvalue weighted by Crippen LogP contribution is -2.44. The van der Waals surface area contributed by atoms with Gasteiger partial charge in [-0.1, -0.05) is 19.9 Å². The third-order valence-corrected chi connectivity index (χ3v) is 5.64. The molecule has 144 valence electrons. The highest BCUT2D eigenvalue weighted by atomic mass is 127. The zero-order valence-electron chi connectivity index (χ0n) is 16.1. The normalized spacial score (nSPS) is 20.2. The van der Waals surface area contributed by atoms with Crippen LogP contribution in [0.1, 0.15) is 45.4 Å². The SMILES string of the molecule is CCNC(=NCC1CCCN(Cc2cccs2)C1)NC(C)C(C)C.I. The minimum absolute atomic E-state index is 0. The fraction of sp³-hybridized carbons (Fsp3) is 0.737. The van der Waals surface area contributed by atoms with E-state index in [1.807, 2.05) is 11.3 Å². The molecule has 1 aromatic heterocycles. The van der Waals surface area contributed by atoms with Crippen molar-refractivity contribution in [2.45, 2.75) is 53.1 Å². The molecular formula is C19H35IN4S. The van der Waals surface area contributed by atoms with Gasteiger partial charge in [-0.3, -0.25) is 9.89 Å². The van der Waals surface area contributed by atoms with Crippen molar-refractivity contribution in [3.63, 3.8) is 0 Å². The number of rotatable bonds is 7. The summed E-state index contributed by atoms with van der Waals surface area (Å²) in [4.78, 5) is 8.92. The number of aliphatic imine (C=N–C) groups is 1. The van der Waals surface area contributed by atoms with Crippen LogP contribution in [0.25, 0.3) is 0 Å². The molecular weight excluding hydrogens is 443 g/mol. The second-order valence-corrected chi connectivity index (χ2v) is 8.25. The van der Waals surface area contributed by atoms with Gasteiger partial charge in [0.15, 0.2) is 5.96 Å². The summed E-state index contributed by atoms with van der Waals surface area (Å²) in [7, 11) is 0. The van der Waals surface area contributed by atoms with Gasteiger partial charge in [0.05, 0.1) is 0 Å². The maximum Gasteiger partial charge on any atom is 0.191 e. The van der Waals surface area contributed by atoms with Gasteiger partial charge in [0.25, 0.3) is 0 Å². The molecule has 0 aliphatic carbocycles. The quantitative estimate of drug-likeness (QED) is 0.351. The first-order valence-electron chi connectivity index (χ1n) is 9.38. The van der Waals surface area contributed by atoms with Crippen LogP contribution in [0.5, 0.6) is 0 Å². The Morgan fingerprint density at radius 3 is 2.84 bits per heavy atom. The second kappa shape index (κ2) is 12.1. The molecule has 25 heavy (non-hydrogen) atoms. The zero-order chi connectivity index (χ0) is 17.4. The monoisotopic (exact) mass is 478 g/mol. The number of nitrogens with one attached hydrogen (secondary N) is 2. The second-order valence-electron chi connectivity index (χ2n) is 7.22. The van der Waals surface area contributed by atoms with Gasteiger partial charge in [0.1, 0.15) is 0 Å². The van der Waals surface area contributed by atoms with Crippen molar-refractivity contribution in [1.29, 1.82) is 0 Å². The molecule has 1 aliphatic heterocycles. The summed E-state index contributed by atoms with van der Waals surface area (Å²) in [6.07, 6.45) is 2.58. The molecule has 2 atom stereocenters. The van der Waals surface area contributed by atoms with Crippen molar-refractivity contribution < 1.29 is 0 Å². The fourth-order valence-corrected chi connectivity index (χ4v) is 3.74. The molecule has 6 heteroatoms. The predicted octanol–water partition coefficient (Wildman–Crippen LogP) is 4.18. The van der Waals surface area contributed by atoms with Gasteiger partial charge < -0.3 is 10.6 Å². The van der Waals surface area contributed by atoms with Gasteiger partial charge >= 0.3 is 0 Å². The van der Waals surface area contributed by atoms with E-state index in [9.17, 15) is 0 Å². The Bertz CT molecular complexity index is 490. The minimum Gasteiger partial charge on any atom is -0.357 e. The molecule has 0 amide bonds. The summed E-state index contributed by atoms with van der Waals surface area (Å²) >= 11 is 1.86. The molecule has 0 bridgehead atoms. The number of nitrogens with zero attached hydrogens (tertiary/aromatic N) is 2. The number of likely N-dealkylation sites (tertiary alicyclic amines) is 1. The Hall–Kier alpha value is -0.340. The lowest BCUT2D eigenvalue weighted by atomic mass is 9.98. The third-order valence-electron chi connectivity index (χ3n) is 4.78. The van der Waals surface area contributed by atoms with Crippen molar-refractivity contribution in [3.8, 4) is 0 Å². The highest BCUT2D eigenvalue weighted by Crippen LogP contribution is 2.20. The molecule has 1 aromatic rings. The predicted molar refractivity (Wildman–Crippen MR) is 121 cm³/mol. The summed E-state index contributed by atoms with van der Waals surface area (Å²) in [5, 5.41) is 9.09. The number of thiophene rings is 1. The van der Waals surface area contributed by atoms with Crippen LogP contribution in [0, 0.1) is 11.8 Å². The average Bonchev–Trinajstić information content (AvgIpc) is 3.06. The topological polar surface area (TPSA) is 39.7 Å². The van der Waals surface area contributed by atoms with Crippen molar-refractivity contribution >= 4 is 41.3 Å². The van der Waals surface area contributed by atoms with Crippen molar-refractivity contribution in [2.24, 2.45) is 16.8 Å². The number of hydrogen-bond acceptors (Lipinski definition) is 3. The van der Waals surface area contributed by atoms with E-state index in [1.165, 1.54) is 30.8 Å². The molecule has 0 spiro atoms. The molecule has 1 aliphatic rings. The molecule has 1 saturated heterocycles. The van der Waals surface area contributed by atoms with E-state index in [0.29, 0.717) is 17.9 Å². The Balaban J connectivity index is 0.00000312. The average molecular weight is 478 g/mol. The van der Waals surface area contributed by atoms with Crippen LogP contribution in [0.2, 0.25) is 0 Å². The van der Waals surface area contributed by atoms with Crippen LogP contribution in [0.4, 0.5) is 0 Å². The van der Waals surface area contributed by atoms with Gasteiger partial charge in [0, 0.05) is 37.1 Å². The van der Waals surface area contributed by atoms with Crippen LogP contribution in [-0.4, -0.2) is 43.1 Å². The molecule has 4 nitrogen and oxygen atoms in total. The highest BCUT2D eigenvalue weighted by Gasteiger charge is 2.20. The van der Waals surface area contributed by atoms with Gasteiger partial charge in [-0.15, -0.1) is 35.3 Å². The highest BCUT2D eigenvalue weighted by molar-refractivity contribution is 14.0. The first-order chi connectivity index (χ1) is 11.6. The van der Waals surface area contributed by atoms with E-state index < -0.39 is 0 Å². The first kappa shape index (κ1) is 22.7. The maximum absolute atomic E-state index is 4.86. The maximum atomic E-state index is 4.86. The lowest BCUT2D eigenvalue weighted by Gasteiger charge is -2.32. The standard InChI is InChI=1S/C19H34N4S.HI/c1-5-20-19(22-16(4)15(2)3)21-12-17-8-6-10-23(13-17)14-18-9-7-11-24-18;/h7,9,11,15-17H,5-6,8,10,12-14H2,1-4H3,(H2,20,21,22);1H. The number of piperidine rings is 1. The molecule has 0 aromatic carbocycles. The summed E-state index contributed by atoms with van der Waals surface area (Å²) in [6, 6.07) is 4.83. The summed E-state index contributed by atoms with van der Waals surface area (Å²) in [5.74, 6) is 2.24. The lowest BCUT2D eigenvalue weighted by molar-refractivity contribution is 0.172. The van der Waals surface area contributed by atoms with E-state index in [1.54, 1.807) is 0 Å². The largest absolute Gasteiger partial charge is 0.357 e. The number of guanidine groups is 1. The molecule has 2 heterocycles. The van der Waals surface area contributed by atoms with Crippen molar-refractivity contribution in [3.05, 3.63) is 22.4 Å². The van der Waals surface area contributed by atoms with Crippen molar-refractivity contribution in [2.75, 3.05) is 26.2 Å². The molecule has 0 radical (unpaired) electrons. The van der Waals surface area contributed by atoms with Crippen LogP contribution in [0.15, 0.2) is 22.5 Å². The van der Waals surface area contributed by atoms with E-state index in [0.717, 1.165) is 25.6 Å². The molecule has 2 rings (SSSR count). The Labute approximate surface area is 174 Å². The summed E-state index contributed by atoms with van der Waals surface area (Å²) in [6.45, 7) is 14.1. The Morgan fingerprint density at radius 1 is 1.40 bits per heavy atom. The number of hydrogen-bond donors (Lipinski definition) is 2. The first-order valence-corrected chi connectivity index (χ1v) is 10.3. The minimum atomic E-state index is 0. The Kier molecular flexibility index (Phi) is 11.0. The summed E-state index contributed by atoms with van der Waals surface area (Å²) in [5.41, 5.74) is 0. The van der Waals surface area contributed by atoms with E-state index in [4.69, 9.17) is 4.99 Å². The smallest absolute Gasteiger partial charge is 0.191 e. The van der Waals surface area contributed by atoms with Gasteiger partial charge in [-0.2, -0.15) is 0 Å². The van der Waals surface area contributed by atoms with E-state index in [-0.39, 0.29) is 24.0 Å². The van der Waals surface area contributed by atoms with Gasteiger partial charge in [0.2, 0.25) is 0 Å². The molecule has 1 fully saturated rings. The van der Waals surface area contributed by atoms with E-state index in [2.05, 4.69) is 60.7 Å². The fourth-order valence-electron chi connectivity index (χ4n) is 2.99. The summed E-state index contributed by atoms with van der Waals surface area (Å²) < 4.78 is 0. The number of halogens is 1. The zero-order valence-corrected chi connectivity index (χ0v) is 19.3. The molecule has 0 saturated carbocycles. The van der Waals surface area contributed by atoms with Crippen molar-refractivity contribution in [1.82, 2.24) is 15.5 Å². The molecule has 2 N–H and O–H groups in total. The van der Waals surface area contributed by atoms with Gasteiger partial charge in [-0.25, -0.2) is 0 Å². The van der Waals surface area contributed by atoms with Crippen LogP contribution >= 0.6 is 35.3 Å². The van der Waals surface area contributed by atoms with E-state index >= 15 is 0 Å².